The summed E-state index contributed by atoms with van der Waals surface area (Å²) in [7, 11) is 0. The molecule has 3 nitrogen and oxygen atoms in total. The molecule has 0 bridgehead atoms. The third kappa shape index (κ3) is 2.51. The quantitative estimate of drug-likeness (QED) is 0.626. The summed E-state index contributed by atoms with van der Waals surface area (Å²) in [5, 5.41) is 9.39. The third-order valence-corrected chi connectivity index (χ3v) is 3.89. The molecular weight excluding hydrogens is 272 g/mol. The van der Waals surface area contributed by atoms with E-state index in [9.17, 15) is 10.1 Å². The number of rotatable bonds is 2. The highest BCUT2D eigenvalue weighted by molar-refractivity contribution is 6.12. The van der Waals surface area contributed by atoms with Crippen LogP contribution in [0.4, 0.5) is 5.69 Å². The van der Waals surface area contributed by atoms with Crippen molar-refractivity contribution in [2.45, 2.75) is 19.4 Å². The van der Waals surface area contributed by atoms with Crippen molar-refractivity contribution in [3.05, 3.63) is 71.3 Å². The van der Waals surface area contributed by atoms with Crippen LogP contribution in [0.15, 0.2) is 60.2 Å². The van der Waals surface area contributed by atoms with Gasteiger partial charge < -0.3 is 4.90 Å². The Hall–Kier alpha value is -2.86. The minimum absolute atomic E-state index is 0.0671. The number of anilines is 1. The van der Waals surface area contributed by atoms with Gasteiger partial charge in [0, 0.05) is 11.7 Å². The summed E-state index contributed by atoms with van der Waals surface area (Å²) >= 11 is 0. The highest BCUT2D eigenvalue weighted by Crippen LogP contribution is 2.33. The van der Waals surface area contributed by atoms with Gasteiger partial charge >= 0.3 is 0 Å². The van der Waals surface area contributed by atoms with Crippen molar-refractivity contribution in [2.75, 3.05) is 4.90 Å². The van der Waals surface area contributed by atoms with Crippen molar-refractivity contribution in [1.29, 1.82) is 5.26 Å². The van der Waals surface area contributed by atoms with Crippen LogP contribution >= 0.6 is 0 Å². The summed E-state index contributed by atoms with van der Waals surface area (Å²) in [6.07, 6.45) is 2.47. The highest BCUT2D eigenvalue weighted by atomic mass is 16.2. The Morgan fingerprint density at radius 2 is 1.86 bits per heavy atom. The molecule has 3 heteroatoms. The van der Waals surface area contributed by atoms with Crippen molar-refractivity contribution < 1.29 is 4.79 Å². The molecule has 1 unspecified atom stereocenters. The minimum atomic E-state index is -0.233. The molecule has 0 radical (unpaired) electrons. The van der Waals surface area contributed by atoms with E-state index < -0.39 is 0 Å². The van der Waals surface area contributed by atoms with E-state index in [1.165, 1.54) is 0 Å². The van der Waals surface area contributed by atoms with Gasteiger partial charge in [0.05, 0.1) is 0 Å². The fraction of sp³-hybridized carbons (Fsp3) is 0.158. The van der Waals surface area contributed by atoms with E-state index in [1.54, 1.807) is 11.0 Å². The monoisotopic (exact) mass is 288 g/mol. The number of para-hydroxylation sites is 1. The van der Waals surface area contributed by atoms with Crippen LogP contribution in [-0.2, 0) is 11.2 Å². The standard InChI is InChI=1S/C19H16N2O/c1-14-11-16-9-5-6-10-18(16)21(14)19(22)17(13-20)12-15-7-3-2-4-8-15/h2-10,12,14H,11H2,1H3. The molecule has 2 aromatic rings. The van der Waals surface area contributed by atoms with Crippen LogP contribution < -0.4 is 4.90 Å². The lowest BCUT2D eigenvalue weighted by Gasteiger charge is -2.22. The summed E-state index contributed by atoms with van der Waals surface area (Å²) in [5.74, 6) is -0.233. The fourth-order valence-corrected chi connectivity index (χ4v) is 2.86. The Kier molecular flexibility index (Phi) is 3.76. The summed E-state index contributed by atoms with van der Waals surface area (Å²) in [6, 6.07) is 19.4. The highest BCUT2D eigenvalue weighted by Gasteiger charge is 2.32. The van der Waals surface area contributed by atoms with Crippen molar-refractivity contribution in [3.63, 3.8) is 0 Å². The maximum atomic E-state index is 12.8. The molecule has 2 aromatic carbocycles. The molecule has 1 aliphatic heterocycles. The first-order valence-corrected chi connectivity index (χ1v) is 7.29. The number of hydrogen-bond donors (Lipinski definition) is 0. The maximum Gasteiger partial charge on any atom is 0.269 e. The number of hydrogen-bond acceptors (Lipinski definition) is 2. The van der Waals surface area contributed by atoms with E-state index in [2.05, 4.69) is 0 Å². The molecule has 1 aliphatic rings. The first kappa shape index (κ1) is 14.1. The lowest BCUT2D eigenvalue weighted by Crippen LogP contribution is -2.36. The van der Waals surface area contributed by atoms with Crippen molar-refractivity contribution >= 4 is 17.7 Å². The van der Waals surface area contributed by atoms with Gasteiger partial charge in [0.25, 0.3) is 5.91 Å². The molecule has 0 saturated carbocycles. The number of nitriles is 1. The molecule has 1 atom stereocenters. The van der Waals surface area contributed by atoms with E-state index in [-0.39, 0.29) is 17.5 Å². The number of fused-ring (bicyclic) bond motifs is 1. The fourth-order valence-electron chi connectivity index (χ4n) is 2.86. The van der Waals surface area contributed by atoms with Gasteiger partial charge in [0.15, 0.2) is 0 Å². The second-order valence-corrected chi connectivity index (χ2v) is 5.44. The van der Waals surface area contributed by atoms with Crippen LogP contribution in [0.25, 0.3) is 6.08 Å². The molecule has 1 heterocycles. The predicted molar refractivity (Wildman–Crippen MR) is 87.1 cm³/mol. The Morgan fingerprint density at radius 3 is 2.59 bits per heavy atom. The topological polar surface area (TPSA) is 44.1 Å². The Balaban J connectivity index is 1.96. The Labute approximate surface area is 130 Å². The number of carbonyl (C=O) groups excluding carboxylic acids is 1. The predicted octanol–water partition coefficient (Wildman–Crippen LogP) is 3.57. The average Bonchev–Trinajstić information content (AvgIpc) is 2.88. The van der Waals surface area contributed by atoms with Crippen LogP contribution in [-0.4, -0.2) is 11.9 Å². The zero-order valence-electron chi connectivity index (χ0n) is 12.4. The molecular formula is C19H16N2O. The molecule has 0 fully saturated rings. The largest absolute Gasteiger partial charge is 0.304 e. The van der Waals surface area contributed by atoms with Crippen molar-refractivity contribution in [2.24, 2.45) is 0 Å². The second kappa shape index (κ2) is 5.87. The third-order valence-electron chi connectivity index (χ3n) is 3.89. The average molecular weight is 288 g/mol. The number of nitrogens with zero attached hydrogens (tertiary/aromatic N) is 2. The molecule has 0 saturated heterocycles. The molecule has 0 aliphatic carbocycles. The Bertz CT molecular complexity index is 772. The van der Waals surface area contributed by atoms with Gasteiger partial charge in [-0.2, -0.15) is 5.26 Å². The van der Waals surface area contributed by atoms with Crippen molar-refractivity contribution in [3.8, 4) is 6.07 Å². The Morgan fingerprint density at radius 1 is 1.18 bits per heavy atom. The maximum absolute atomic E-state index is 12.8. The first-order valence-electron chi connectivity index (χ1n) is 7.29. The molecule has 1 amide bonds. The number of amides is 1. The normalized spacial score (nSPS) is 17.0. The van der Waals surface area contributed by atoms with Gasteiger partial charge in [-0.05, 0) is 36.6 Å². The molecule has 108 valence electrons. The van der Waals surface area contributed by atoms with Crippen LogP contribution in [0.1, 0.15) is 18.1 Å². The van der Waals surface area contributed by atoms with Crippen LogP contribution in [0.2, 0.25) is 0 Å². The van der Waals surface area contributed by atoms with E-state index >= 15 is 0 Å². The summed E-state index contributed by atoms with van der Waals surface area (Å²) < 4.78 is 0. The smallest absolute Gasteiger partial charge is 0.269 e. The van der Waals surface area contributed by atoms with E-state index in [4.69, 9.17) is 0 Å². The lowest BCUT2D eigenvalue weighted by atomic mass is 10.1. The lowest BCUT2D eigenvalue weighted by molar-refractivity contribution is -0.115. The zero-order valence-corrected chi connectivity index (χ0v) is 12.4. The molecule has 0 spiro atoms. The van der Waals surface area contributed by atoms with Crippen LogP contribution in [0.3, 0.4) is 0 Å². The summed E-state index contributed by atoms with van der Waals surface area (Å²) in [4.78, 5) is 14.5. The number of benzene rings is 2. The molecule has 0 N–H and O–H groups in total. The minimum Gasteiger partial charge on any atom is -0.304 e. The van der Waals surface area contributed by atoms with Crippen LogP contribution in [0, 0.1) is 11.3 Å². The van der Waals surface area contributed by atoms with Crippen molar-refractivity contribution in [1.82, 2.24) is 0 Å². The van der Waals surface area contributed by atoms with Gasteiger partial charge in [-0.25, -0.2) is 0 Å². The molecule has 22 heavy (non-hydrogen) atoms. The SMILES string of the molecule is CC1Cc2ccccc2N1C(=O)C(C#N)=Cc1ccccc1. The van der Waals surface area contributed by atoms with Crippen LogP contribution in [0.5, 0.6) is 0 Å². The van der Waals surface area contributed by atoms with Gasteiger partial charge in [0.1, 0.15) is 11.6 Å². The van der Waals surface area contributed by atoms with E-state index in [1.807, 2.05) is 67.6 Å². The summed E-state index contributed by atoms with van der Waals surface area (Å²) in [6.45, 7) is 2.01. The zero-order chi connectivity index (χ0) is 15.5. The first-order chi connectivity index (χ1) is 10.7. The molecule has 0 aromatic heterocycles. The van der Waals surface area contributed by atoms with Gasteiger partial charge in [0.2, 0.25) is 0 Å². The van der Waals surface area contributed by atoms with Gasteiger partial charge in [-0.15, -0.1) is 0 Å². The summed E-state index contributed by atoms with van der Waals surface area (Å²) in [5.41, 5.74) is 3.08. The van der Waals surface area contributed by atoms with E-state index in [0.29, 0.717) is 0 Å². The molecule has 3 rings (SSSR count). The van der Waals surface area contributed by atoms with Gasteiger partial charge in [-0.3, -0.25) is 4.79 Å². The number of carbonyl (C=O) groups is 1. The second-order valence-electron chi connectivity index (χ2n) is 5.44. The van der Waals surface area contributed by atoms with E-state index in [0.717, 1.165) is 23.2 Å². The van der Waals surface area contributed by atoms with Gasteiger partial charge in [-0.1, -0.05) is 48.5 Å².